The lowest BCUT2D eigenvalue weighted by molar-refractivity contribution is -0.142. The van der Waals surface area contributed by atoms with Crippen LogP contribution in [0.25, 0.3) is 0 Å². The number of hydrogen-bond donors (Lipinski definition) is 1. The monoisotopic (exact) mass is 222 g/mol. The summed E-state index contributed by atoms with van der Waals surface area (Å²) in [7, 11) is 0. The van der Waals surface area contributed by atoms with Crippen LogP contribution in [0.2, 0.25) is 0 Å². The largest absolute Gasteiger partial charge is 0.481 e. The number of hydrogen-bond acceptors (Lipinski definition) is 4. The van der Waals surface area contributed by atoms with Gasteiger partial charge in [-0.05, 0) is 25.7 Å². The van der Waals surface area contributed by atoms with Crippen molar-refractivity contribution in [3.63, 3.8) is 0 Å². The third-order valence-corrected chi connectivity index (χ3v) is 3.55. The summed E-state index contributed by atoms with van der Waals surface area (Å²) < 4.78 is 5.21. The molecule has 2 fully saturated rings. The molecular weight excluding hydrogens is 208 g/mol. The Balaban J connectivity index is 1.81. The highest BCUT2D eigenvalue weighted by Gasteiger charge is 2.38. The average molecular weight is 222 g/mol. The number of aromatic nitrogens is 2. The van der Waals surface area contributed by atoms with Gasteiger partial charge in [0.25, 0.3) is 0 Å². The van der Waals surface area contributed by atoms with E-state index in [1.54, 1.807) is 0 Å². The van der Waals surface area contributed by atoms with Gasteiger partial charge in [0.1, 0.15) is 0 Å². The third kappa shape index (κ3) is 1.60. The van der Waals surface area contributed by atoms with Gasteiger partial charge in [-0.2, -0.15) is 4.98 Å². The first-order chi connectivity index (χ1) is 7.75. The van der Waals surface area contributed by atoms with Crippen LogP contribution in [0.3, 0.4) is 0 Å². The molecule has 0 amide bonds. The van der Waals surface area contributed by atoms with E-state index in [1.807, 2.05) is 0 Å². The fraction of sp³-hybridized carbons (Fsp3) is 0.727. The smallest absolute Gasteiger partial charge is 0.307 e. The molecule has 2 aliphatic rings. The summed E-state index contributed by atoms with van der Waals surface area (Å²) in [5.41, 5.74) is 0. The van der Waals surface area contributed by atoms with Crippen LogP contribution in [0.15, 0.2) is 4.52 Å². The maximum atomic E-state index is 11.0. The third-order valence-electron chi connectivity index (χ3n) is 3.55. The summed E-state index contributed by atoms with van der Waals surface area (Å²) in [4.78, 5) is 15.4. The van der Waals surface area contributed by atoms with E-state index in [2.05, 4.69) is 10.1 Å². The fourth-order valence-corrected chi connectivity index (χ4v) is 2.46. The van der Waals surface area contributed by atoms with Crippen molar-refractivity contribution >= 4 is 5.97 Å². The Morgan fingerprint density at radius 3 is 2.81 bits per heavy atom. The minimum atomic E-state index is -0.742. The van der Waals surface area contributed by atoms with Crippen LogP contribution in [-0.2, 0) is 4.79 Å². The maximum Gasteiger partial charge on any atom is 0.307 e. The minimum absolute atomic E-state index is 0.0718. The van der Waals surface area contributed by atoms with E-state index >= 15 is 0 Å². The van der Waals surface area contributed by atoms with Crippen LogP contribution in [0, 0.1) is 5.92 Å². The summed E-state index contributed by atoms with van der Waals surface area (Å²) in [6.45, 7) is 0. The number of aliphatic carboxylic acids is 1. The standard InChI is InChI=1S/C11H14N2O3/c14-11(15)8-3-1-2-7(8)10-12-9(13-16-10)6-4-5-6/h6-8H,1-5H2,(H,14,15). The van der Waals surface area contributed by atoms with Crippen molar-refractivity contribution < 1.29 is 14.4 Å². The Labute approximate surface area is 92.8 Å². The number of nitrogens with zero attached hydrogens (tertiary/aromatic N) is 2. The molecule has 2 aliphatic carbocycles. The zero-order valence-electron chi connectivity index (χ0n) is 8.93. The molecule has 3 rings (SSSR count). The molecule has 5 heteroatoms. The Hall–Kier alpha value is -1.39. The van der Waals surface area contributed by atoms with Crippen molar-refractivity contribution in [2.75, 3.05) is 0 Å². The van der Waals surface area contributed by atoms with E-state index in [0.717, 1.165) is 37.9 Å². The molecule has 16 heavy (non-hydrogen) atoms. The van der Waals surface area contributed by atoms with Gasteiger partial charge in [0.05, 0.1) is 11.8 Å². The fourth-order valence-electron chi connectivity index (χ4n) is 2.46. The predicted octanol–water partition coefficient (Wildman–Crippen LogP) is 1.92. The van der Waals surface area contributed by atoms with Gasteiger partial charge in [-0.15, -0.1) is 0 Å². The van der Waals surface area contributed by atoms with Crippen LogP contribution >= 0.6 is 0 Å². The van der Waals surface area contributed by atoms with E-state index in [-0.39, 0.29) is 11.8 Å². The molecule has 1 aromatic heterocycles. The summed E-state index contributed by atoms with van der Waals surface area (Å²) in [5, 5.41) is 13.0. The highest BCUT2D eigenvalue weighted by Crippen LogP contribution is 2.42. The molecule has 1 N–H and O–H groups in total. The van der Waals surface area contributed by atoms with Gasteiger partial charge in [-0.25, -0.2) is 0 Å². The van der Waals surface area contributed by atoms with Gasteiger partial charge < -0.3 is 9.63 Å². The van der Waals surface area contributed by atoms with Crippen LogP contribution in [0.5, 0.6) is 0 Å². The first-order valence-electron chi connectivity index (χ1n) is 5.82. The highest BCUT2D eigenvalue weighted by molar-refractivity contribution is 5.71. The lowest BCUT2D eigenvalue weighted by atomic mass is 9.96. The first kappa shape index (κ1) is 9.81. The van der Waals surface area contributed by atoms with Crippen LogP contribution in [-0.4, -0.2) is 21.2 Å². The average Bonchev–Trinajstić information content (AvgIpc) is 2.83. The molecule has 0 saturated heterocycles. The lowest BCUT2D eigenvalue weighted by Crippen LogP contribution is -2.17. The summed E-state index contributed by atoms with van der Waals surface area (Å²) >= 11 is 0. The van der Waals surface area contributed by atoms with Crippen molar-refractivity contribution in [2.45, 2.75) is 43.9 Å². The van der Waals surface area contributed by atoms with Crippen LogP contribution < -0.4 is 0 Å². The zero-order chi connectivity index (χ0) is 11.1. The zero-order valence-corrected chi connectivity index (χ0v) is 8.93. The molecule has 0 aliphatic heterocycles. The van der Waals surface area contributed by atoms with E-state index < -0.39 is 5.97 Å². The molecule has 0 spiro atoms. The predicted molar refractivity (Wildman–Crippen MR) is 54.0 cm³/mol. The second-order valence-electron chi connectivity index (χ2n) is 4.75. The lowest BCUT2D eigenvalue weighted by Gasteiger charge is -2.09. The molecule has 2 atom stereocenters. The molecule has 5 nitrogen and oxygen atoms in total. The number of carboxylic acid groups (broad SMARTS) is 1. The van der Waals surface area contributed by atoms with Crippen LogP contribution in [0.1, 0.15) is 55.7 Å². The van der Waals surface area contributed by atoms with Crippen LogP contribution in [0.4, 0.5) is 0 Å². The van der Waals surface area contributed by atoms with Gasteiger partial charge in [-0.3, -0.25) is 4.79 Å². The number of rotatable bonds is 3. The molecule has 1 aromatic rings. The van der Waals surface area contributed by atoms with Crippen molar-refractivity contribution in [3.8, 4) is 0 Å². The van der Waals surface area contributed by atoms with Crippen molar-refractivity contribution in [1.82, 2.24) is 10.1 Å². The summed E-state index contributed by atoms with van der Waals surface area (Å²) in [5.74, 6) is 0.610. The summed E-state index contributed by atoms with van der Waals surface area (Å²) in [6, 6.07) is 0. The molecule has 0 bridgehead atoms. The maximum absolute atomic E-state index is 11.0. The topological polar surface area (TPSA) is 76.2 Å². The van der Waals surface area contributed by atoms with Gasteiger partial charge in [0, 0.05) is 5.92 Å². The quantitative estimate of drug-likeness (QED) is 0.845. The number of carbonyl (C=O) groups is 1. The molecule has 1 heterocycles. The molecule has 2 unspecified atom stereocenters. The Morgan fingerprint density at radius 2 is 2.12 bits per heavy atom. The van der Waals surface area contributed by atoms with E-state index in [1.165, 1.54) is 0 Å². The van der Waals surface area contributed by atoms with E-state index in [4.69, 9.17) is 9.63 Å². The van der Waals surface area contributed by atoms with E-state index in [0.29, 0.717) is 11.8 Å². The van der Waals surface area contributed by atoms with Gasteiger partial charge in [0.15, 0.2) is 5.82 Å². The second kappa shape index (κ2) is 3.57. The normalized spacial score (nSPS) is 29.5. The Kier molecular flexibility index (Phi) is 2.19. The van der Waals surface area contributed by atoms with Crippen molar-refractivity contribution in [2.24, 2.45) is 5.92 Å². The Bertz CT molecular complexity index is 411. The molecule has 86 valence electrons. The van der Waals surface area contributed by atoms with Gasteiger partial charge in [0.2, 0.25) is 5.89 Å². The summed E-state index contributed by atoms with van der Waals surface area (Å²) in [6.07, 6.45) is 4.77. The second-order valence-corrected chi connectivity index (χ2v) is 4.75. The molecular formula is C11H14N2O3. The highest BCUT2D eigenvalue weighted by atomic mass is 16.5. The molecule has 0 aromatic carbocycles. The van der Waals surface area contributed by atoms with Gasteiger partial charge in [-0.1, -0.05) is 11.6 Å². The van der Waals surface area contributed by atoms with E-state index in [9.17, 15) is 4.79 Å². The van der Waals surface area contributed by atoms with Crippen molar-refractivity contribution in [1.29, 1.82) is 0 Å². The molecule has 2 saturated carbocycles. The van der Waals surface area contributed by atoms with Gasteiger partial charge >= 0.3 is 5.97 Å². The molecule has 0 radical (unpaired) electrons. The number of carboxylic acids is 1. The van der Waals surface area contributed by atoms with Crippen molar-refractivity contribution in [3.05, 3.63) is 11.7 Å². The first-order valence-corrected chi connectivity index (χ1v) is 5.82. The minimum Gasteiger partial charge on any atom is -0.481 e. The SMILES string of the molecule is O=C(O)C1CCCC1c1nc(C2CC2)no1. The Morgan fingerprint density at radius 1 is 1.31 bits per heavy atom.